The zero-order valence-corrected chi connectivity index (χ0v) is 21.4. The molecule has 1 saturated heterocycles. The highest BCUT2D eigenvalue weighted by molar-refractivity contribution is 7.89. The predicted molar refractivity (Wildman–Crippen MR) is 130 cm³/mol. The maximum Gasteiger partial charge on any atom is 0.215 e. The summed E-state index contributed by atoms with van der Waals surface area (Å²) in [5.74, 6) is 0.921. The molecule has 3 N–H and O–H groups in total. The lowest BCUT2D eigenvalue weighted by Gasteiger charge is -2.41. The molecule has 0 aromatic heterocycles. The van der Waals surface area contributed by atoms with Crippen LogP contribution in [0.4, 0.5) is 0 Å². The predicted octanol–water partition coefficient (Wildman–Crippen LogP) is 3.08. The summed E-state index contributed by atoms with van der Waals surface area (Å²) in [5.41, 5.74) is 7.73. The maximum atomic E-state index is 13.5. The van der Waals surface area contributed by atoms with Gasteiger partial charge in [-0.3, -0.25) is 4.79 Å². The Bertz CT molecular complexity index is 1090. The summed E-state index contributed by atoms with van der Waals surface area (Å²) in [5, 5.41) is 10.7. The molecular weight excluding hydrogens is 452 g/mol. The van der Waals surface area contributed by atoms with E-state index in [2.05, 4.69) is 13.8 Å². The van der Waals surface area contributed by atoms with E-state index in [1.165, 1.54) is 0 Å². The molecule has 0 spiro atoms. The number of fused-ring (bicyclic) bond motifs is 3. The van der Waals surface area contributed by atoms with E-state index in [0.29, 0.717) is 63.4 Å². The monoisotopic (exact) mass is 490 g/mol. The average Bonchev–Trinajstić information content (AvgIpc) is 3.15. The summed E-state index contributed by atoms with van der Waals surface area (Å²) in [4.78, 5) is 12.9. The van der Waals surface area contributed by atoms with Crippen LogP contribution >= 0.6 is 0 Å². The number of Topliss-reactive ketones (excluding diaryl/α,β-unsaturated/α-hetero) is 1. The SMILES string of the molecule is Cc1ccc2c(c1O)C[C@@H](C1CCN(S(=O)(=O)C[C@]34CC[C@H](CC3=O)C4(C)C)CC1)O[C@H]2CN. The lowest BCUT2D eigenvalue weighted by molar-refractivity contribution is -0.128. The number of phenolic OH excluding ortho intramolecular Hbond substituents is 1. The second-order valence-corrected chi connectivity index (χ2v) is 13.5. The molecule has 0 amide bonds. The summed E-state index contributed by atoms with van der Waals surface area (Å²) in [6.45, 7) is 7.29. The molecule has 0 unspecified atom stereocenters. The number of aryl methyl sites for hydroxylation is 1. The second kappa shape index (κ2) is 8.29. The van der Waals surface area contributed by atoms with Crippen molar-refractivity contribution in [1.82, 2.24) is 4.31 Å². The summed E-state index contributed by atoms with van der Waals surface area (Å²) >= 11 is 0. The van der Waals surface area contributed by atoms with Gasteiger partial charge >= 0.3 is 0 Å². The molecule has 2 saturated carbocycles. The van der Waals surface area contributed by atoms with E-state index >= 15 is 0 Å². The van der Waals surface area contributed by atoms with Crippen molar-refractivity contribution < 1.29 is 23.1 Å². The molecule has 7 nitrogen and oxygen atoms in total. The first-order chi connectivity index (χ1) is 16.0. The van der Waals surface area contributed by atoms with Crippen LogP contribution in [0, 0.1) is 29.6 Å². The largest absolute Gasteiger partial charge is 0.507 e. The highest BCUT2D eigenvalue weighted by Gasteiger charge is 2.65. The highest BCUT2D eigenvalue weighted by Crippen LogP contribution is 2.64. The van der Waals surface area contributed by atoms with Crippen LogP contribution in [0.3, 0.4) is 0 Å². The fourth-order valence-electron chi connectivity index (χ4n) is 7.32. The maximum absolute atomic E-state index is 13.5. The lowest BCUT2D eigenvalue weighted by atomic mass is 9.70. The van der Waals surface area contributed by atoms with Crippen LogP contribution in [0.1, 0.15) is 68.7 Å². The lowest BCUT2D eigenvalue weighted by Crippen LogP contribution is -2.49. The Labute approximate surface area is 203 Å². The van der Waals surface area contributed by atoms with E-state index in [4.69, 9.17) is 10.5 Å². The smallest absolute Gasteiger partial charge is 0.215 e. The Kier molecular flexibility index (Phi) is 5.90. The fourth-order valence-corrected chi connectivity index (χ4v) is 9.57. The number of piperidine rings is 1. The molecule has 4 atom stereocenters. The Balaban J connectivity index is 1.28. The zero-order valence-electron chi connectivity index (χ0n) is 20.5. The van der Waals surface area contributed by atoms with Crippen LogP contribution in [0.2, 0.25) is 0 Å². The molecule has 5 rings (SSSR count). The molecule has 2 aliphatic carbocycles. The number of nitrogens with zero attached hydrogens (tertiary/aromatic N) is 1. The topological polar surface area (TPSA) is 110 Å². The van der Waals surface area contributed by atoms with E-state index in [9.17, 15) is 18.3 Å². The average molecular weight is 491 g/mol. The Morgan fingerprint density at radius 1 is 1.18 bits per heavy atom. The summed E-state index contributed by atoms with van der Waals surface area (Å²) < 4.78 is 34.9. The van der Waals surface area contributed by atoms with Crippen LogP contribution in [0.25, 0.3) is 0 Å². The van der Waals surface area contributed by atoms with Crippen molar-refractivity contribution >= 4 is 15.8 Å². The number of ether oxygens (including phenoxy) is 1. The number of hydrogen-bond acceptors (Lipinski definition) is 6. The zero-order chi connectivity index (χ0) is 24.5. The van der Waals surface area contributed by atoms with Gasteiger partial charge in [-0.05, 0) is 61.0 Å². The second-order valence-electron chi connectivity index (χ2n) is 11.6. The van der Waals surface area contributed by atoms with Gasteiger partial charge in [0, 0.05) is 43.5 Å². The van der Waals surface area contributed by atoms with Gasteiger partial charge in [-0.15, -0.1) is 0 Å². The van der Waals surface area contributed by atoms with E-state index in [-0.39, 0.29) is 35.1 Å². The van der Waals surface area contributed by atoms with Gasteiger partial charge in [0.25, 0.3) is 0 Å². The van der Waals surface area contributed by atoms with Crippen molar-refractivity contribution in [3.63, 3.8) is 0 Å². The molecule has 1 aromatic rings. The van der Waals surface area contributed by atoms with Gasteiger partial charge in [-0.1, -0.05) is 26.0 Å². The summed E-state index contributed by atoms with van der Waals surface area (Å²) in [6.07, 6.45) is 3.84. The number of ketones is 1. The number of hydrogen-bond donors (Lipinski definition) is 2. The van der Waals surface area contributed by atoms with Crippen LogP contribution in [-0.2, 0) is 26.0 Å². The molecule has 188 valence electrons. The molecular formula is C26H38N2O5S. The number of carbonyl (C=O) groups excluding carboxylic acids is 1. The van der Waals surface area contributed by atoms with E-state index < -0.39 is 15.4 Å². The number of sulfonamides is 1. The van der Waals surface area contributed by atoms with Crippen molar-refractivity contribution in [2.24, 2.45) is 28.4 Å². The first-order valence-corrected chi connectivity index (χ1v) is 14.3. The molecule has 2 aliphatic heterocycles. The first-order valence-electron chi connectivity index (χ1n) is 12.7. The van der Waals surface area contributed by atoms with E-state index in [1.807, 2.05) is 19.1 Å². The minimum absolute atomic E-state index is 0.0529. The van der Waals surface area contributed by atoms with Gasteiger partial charge in [0.15, 0.2) is 0 Å². The Hall–Kier alpha value is -1.48. The molecule has 2 bridgehead atoms. The molecule has 0 radical (unpaired) electrons. The molecule has 1 aromatic carbocycles. The Morgan fingerprint density at radius 3 is 2.47 bits per heavy atom. The summed E-state index contributed by atoms with van der Waals surface area (Å²) in [6, 6.07) is 3.89. The van der Waals surface area contributed by atoms with Crippen molar-refractivity contribution in [3.05, 3.63) is 28.8 Å². The van der Waals surface area contributed by atoms with Crippen molar-refractivity contribution in [1.29, 1.82) is 0 Å². The minimum Gasteiger partial charge on any atom is -0.507 e. The quantitative estimate of drug-likeness (QED) is 0.656. The minimum atomic E-state index is -3.53. The molecule has 2 heterocycles. The van der Waals surface area contributed by atoms with Gasteiger partial charge in [0.2, 0.25) is 10.0 Å². The van der Waals surface area contributed by atoms with E-state index in [0.717, 1.165) is 23.1 Å². The number of benzene rings is 1. The Morgan fingerprint density at radius 2 is 1.88 bits per heavy atom. The fraction of sp³-hybridized carbons (Fsp3) is 0.731. The highest BCUT2D eigenvalue weighted by atomic mass is 32.2. The number of aromatic hydroxyl groups is 1. The number of nitrogens with two attached hydrogens (primary N) is 1. The van der Waals surface area contributed by atoms with Gasteiger partial charge in [0.05, 0.1) is 18.0 Å². The third-order valence-corrected chi connectivity index (χ3v) is 11.8. The summed E-state index contributed by atoms with van der Waals surface area (Å²) in [7, 11) is -3.53. The van der Waals surface area contributed by atoms with Gasteiger partial charge in [-0.25, -0.2) is 12.7 Å². The van der Waals surface area contributed by atoms with Crippen LogP contribution in [0.15, 0.2) is 12.1 Å². The van der Waals surface area contributed by atoms with Crippen molar-refractivity contribution in [2.75, 3.05) is 25.4 Å². The van der Waals surface area contributed by atoms with Crippen molar-refractivity contribution in [2.45, 2.75) is 71.5 Å². The third kappa shape index (κ3) is 3.55. The molecule has 8 heteroatoms. The van der Waals surface area contributed by atoms with Gasteiger partial charge in [0.1, 0.15) is 11.5 Å². The molecule has 3 fully saturated rings. The number of phenols is 1. The van der Waals surface area contributed by atoms with Crippen LogP contribution < -0.4 is 5.73 Å². The normalized spacial score (nSPS) is 33.9. The number of carbonyl (C=O) groups is 1. The molecule has 34 heavy (non-hydrogen) atoms. The third-order valence-electron chi connectivity index (χ3n) is 9.81. The van der Waals surface area contributed by atoms with Crippen LogP contribution in [-0.4, -0.2) is 55.1 Å². The first kappa shape index (κ1) is 24.2. The number of rotatable bonds is 5. The van der Waals surface area contributed by atoms with Gasteiger partial charge in [-0.2, -0.15) is 0 Å². The standard InChI is InChI=1S/C26H38N2O5S/c1-16-4-5-19-20(24(16)30)13-21(33-22(19)14-27)17-7-10-28(11-8-17)34(31,32)15-26-9-6-18(12-23(26)29)25(26,2)3/h4-5,17-18,21-22,30H,6-15,27H2,1-3H3/t18-,21+,22+,26-/m1/s1. The van der Waals surface area contributed by atoms with Crippen molar-refractivity contribution in [3.8, 4) is 5.75 Å². The van der Waals surface area contributed by atoms with E-state index in [1.54, 1.807) is 4.31 Å². The van der Waals surface area contributed by atoms with Gasteiger partial charge < -0.3 is 15.6 Å². The molecule has 4 aliphatic rings. The van der Waals surface area contributed by atoms with Crippen LogP contribution in [0.5, 0.6) is 5.75 Å².